The highest BCUT2D eigenvalue weighted by atomic mass is 19.1. The Labute approximate surface area is 156 Å². The Bertz CT molecular complexity index is 943. The number of hydrogen-bond donors (Lipinski definition) is 1. The highest BCUT2D eigenvalue weighted by molar-refractivity contribution is 6.05. The molecule has 1 aromatic heterocycles. The van der Waals surface area contributed by atoms with Crippen LogP contribution in [0.5, 0.6) is 0 Å². The van der Waals surface area contributed by atoms with Gasteiger partial charge in [0.05, 0.1) is 11.1 Å². The maximum absolute atomic E-state index is 13.0. The molecule has 136 valence electrons. The van der Waals surface area contributed by atoms with E-state index in [1.165, 1.54) is 42.7 Å². The molecule has 1 N–H and O–H groups in total. The second-order valence-corrected chi connectivity index (χ2v) is 6.07. The second kappa shape index (κ2) is 8.23. The van der Waals surface area contributed by atoms with Crippen LogP contribution in [-0.2, 0) is 6.54 Å². The summed E-state index contributed by atoms with van der Waals surface area (Å²) in [6, 6.07) is 16.5. The van der Waals surface area contributed by atoms with E-state index in [1.54, 1.807) is 11.9 Å². The number of pyridine rings is 1. The van der Waals surface area contributed by atoms with Crippen LogP contribution in [0.3, 0.4) is 0 Å². The topological polar surface area (TPSA) is 62.3 Å². The molecule has 0 aliphatic carbocycles. The zero-order valence-corrected chi connectivity index (χ0v) is 14.7. The minimum absolute atomic E-state index is 0.234. The van der Waals surface area contributed by atoms with Crippen LogP contribution in [0.1, 0.15) is 26.3 Å². The summed E-state index contributed by atoms with van der Waals surface area (Å²) in [5, 5.41) is 2.65. The van der Waals surface area contributed by atoms with Crippen molar-refractivity contribution in [3.05, 3.63) is 95.6 Å². The molecule has 2 amide bonds. The number of benzene rings is 2. The molecule has 6 heteroatoms. The van der Waals surface area contributed by atoms with Gasteiger partial charge >= 0.3 is 0 Å². The van der Waals surface area contributed by atoms with E-state index in [9.17, 15) is 14.0 Å². The molecule has 0 atom stereocenters. The van der Waals surface area contributed by atoms with E-state index in [-0.39, 0.29) is 17.3 Å². The molecular weight excluding hydrogens is 345 g/mol. The predicted octanol–water partition coefficient (Wildman–Crippen LogP) is 3.75. The predicted molar refractivity (Wildman–Crippen MR) is 101 cm³/mol. The zero-order valence-electron chi connectivity index (χ0n) is 14.7. The number of carbonyl (C=O) groups excluding carboxylic acids is 2. The van der Waals surface area contributed by atoms with Crippen molar-refractivity contribution in [2.24, 2.45) is 0 Å². The number of aromatic nitrogens is 1. The van der Waals surface area contributed by atoms with Crippen LogP contribution in [-0.4, -0.2) is 28.7 Å². The molecule has 2 aromatic carbocycles. The van der Waals surface area contributed by atoms with Gasteiger partial charge in [-0.15, -0.1) is 0 Å². The monoisotopic (exact) mass is 363 g/mol. The Morgan fingerprint density at radius 3 is 2.37 bits per heavy atom. The van der Waals surface area contributed by atoms with E-state index >= 15 is 0 Å². The lowest BCUT2D eigenvalue weighted by Crippen LogP contribution is -2.26. The van der Waals surface area contributed by atoms with E-state index in [0.717, 1.165) is 5.56 Å². The second-order valence-electron chi connectivity index (χ2n) is 6.07. The maximum atomic E-state index is 13.0. The average molecular weight is 363 g/mol. The van der Waals surface area contributed by atoms with Crippen LogP contribution in [0.25, 0.3) is 0 Å². The van der Waals surface area contributed by atoms with Crippen molar-refractivity contribution in [3.8, 4) is 0 Å². The maximum Gasteiger partial charge on any atom is 0.257 e. The zero-order chi connectivity index (χ0) is 19.2. The van der Waals surface area contributed by atoms with Gasteiger partial charge in [-0.2, -0.15) is 0 Å². The lowest BCUT2D eigenvalue weighted by Gasteiger charge is -2.17. The molecule has 0 spiro atoms. The van der Waals surface area contributed by atoms with Crippen LogP contribution >= 0.6 is 0 Å². The average Bonchev–Trinajstić information content (AvgIpc) is 2.70. The Hall–Kier alpha value is -3.54. The SMILES string of the molecule is CN(Cc1ccccc1)C(=O)c1cncc(C(=O)Nc2ccc(F)cc2)c1. The number of rotatable bonds is 5. The number of carbonyl (C=O) groups is 2. The highest BCUT2D eigenvalue weighted by Gasteiger charge is 2.15. The van der Waals surface area contributed by atoms with E-state index in [0.29, 0.717) is 17.8 Å². The number of nitrogens with one attached hydrogen (secondary N) is 1. The molecule has 1 heterocycles. The Morgan fingerprint density at radius 2 is 1.67 bits per heavy atom. The summed E-state index contributed by atoms with van der Waals surface area (Å²) in [4.78, 5) is 30.6. The van der Waals surface area contributed by atoms with E-state index in [1.807, 2.05) is 30.3 Å². The Kier molecular flexibility index (Phi) is 5.56. The first-order valence-corrected chi connectivity index (χ1v) is 8.34. The lowest BCUT2D eigenvalue weighted by molar-refractivity contribution is 0.0784. The van der Waals surface area contributed by atoms with Gasteiger partial charge in [-0.05, 0) is 35.9 Å². The Balaban J connectivity index is 1.71. The molecule has 0 unspecified atom stereocenters. The molecule has 3 aromatic rings. The fraction of sp³-hybridized carbons (Fsp3) is 0.0952. The summed E-state index contributed by atoms with van der Waals surface area (Å²) >= 11 is 0. The van der Waals surface area contributed by atoms with Crippen molar-refractivity contribution in [2.75, 3.05) is 12.4 Å². The fourth-order valence-corrected chi connectivity index (χ4v) is 2.57. The van der Waals surface area contributed by atoms with Crippen molar-refractivity contribution < 1.29 is 14.0 Å². The number of amides is 2. The van der Waals surface area contributed by atoms with Gasteiger partial charge in [-0.1, -0.05) is 30.3 Å². The minimum atomic E-state index is -0.422. The first-order valence-electron chi connectivity index (χ1n) is 8.34. The van der Waals surface area contributed by atoms with Crippen LogP contribution in [0, 0.1) is 5.82 Å². The lowest BCUT2D eigenvalue weighted by atomic mass is 10.1. The highest BCUT2D eigenvalue weighted by Crippen LogP contribution is 2.13. The number of halogens is 1. The van der Waals surface area contributed by atoms with Crippen molar-refractivity contribution in [1.82, 2.24) is 9.88 Å². The summed E-state index contributed by atoms with van der Waals surface area (Å²) in [5.41, 5.74) is 2.03. The third-order valence-electron chi connectivity index (χ3n) is 3.96. The quantitative estimate of drug-likeness (QED) is 0.751. The van der Waals surface area contributed by atoms with Gasteiger partial charge in [0.15, 0.2) is 0 Å². The third kappa shape index (κ3) is 4.76. The Morgan fingerprint density at radius 1 is 1.00 bits per heavy atom. The van der Waals surface area contributed by atoms with Crippen molar-refractivity contribution >= 4 is 17.5 Å². The standard InChI is InChI=1S/C21H18FN3O2/c1-25(14-15-5-3-2-4-6-15)21(27)17-11-16(12-23-13-17)20(26)24-19-9-7-18(22)8-10-19/h2-13H,14H2,1H3,(H,24,26). The molecule has 0 saturated heterocycles. The van der Waals surface area contributed by atoms with Crippen LogP contribution in [0.4, 0.5) is 10.1 Å². The number of hydrogen-bond acceptors (Lipinski definition) is 3. The van der Waals surface area contributed by atoms with Gasteiger partial charge in [0, 0.05) is 31.7 Å². The van der Waals surface area contributed by atoms with Crippen LogP contribution in [0.2, 0.25) is 0 Å². The van der Waals surface area contributed by atoms with Crippen LogP contribution in [0.15, 0.2) is 73.1 Å². The van der Waals surface area contributed by atoms with Crippen molar-refractivity contribution in [3.63, 3.8) is 0 Å². The fourth-order valence-electron chi connectivity index (χ4n) is 2.57. The molecule has 0 bridgehead atoms. The third-order valence-corrected chi connectivity index (χ3v) is 3.96. The molecule has 0 aliphatic rings. The van der Waals surface area contributed by atoms with Gasteiger partial charge in [0.1, 0.15) is 5.82 Å². The van der Waals surface area contributed by atoms with Gasteiger partial charge in [0.25, 0.3) is 11.8 Å². The summed E-state index contributed by atoms with van der Waals surface area (Å²) in [6.07, 6.45) is 2.81. The van der Waals surface area contributed by atoms with Crippen molar-refractivity contribution in [2.45, 2.75) is 6.54 Å². The normalized spacial score (nSPS) is 10.3. The summed E-state index contributed by atoms with van der Waals surface area (Å²) in [6.45, 7) is 0.450. The van der Waals surface area contributed by atoms with E-state index in [2.05, 4.69) is 10.3 Å². The number of anilines is 1. The van der Waals surface area contributed by atoms with Gasteiger partial charge < -0.3 is 10.2 Å². The summed E-state index contributed by atoms with van der Waals surface area (Å²) in [7, 11) is 1.70. The first-order chi connectivity index (χ1) is 13.0. The van der Waals surface area contributed by atoms with Gasteiger partial charge in [-0.25, -0.2) is 4.39 Å². The van der Waals surface area contributed by atoms with E-state index in [4.69, 9.17) is 0 Å². The molecule has 3 rings (SSSR count). The van der Waals surface area contributed by atoms with E-state index < -0.39 is 5.91 Å². The molecule has 0 aliphatic heterocycles. The molecule has 0 saturated carbocycles. The largest absolute Gasteiger partial charge is 0.337 e. The summed E-state index contributed by atoms with van der Waals surface area (Å²) < 4.78 is 13.0. The first kappa shape index (κ1) is 18.3. The molecular formula is C21H18FN3O2. The molecule has 0 fully saturated rings. The molecule has 27 heavy (non-hydrogen) atoms. The minimum Gasteiger partial charge on any atom is -0.337 e. The molecule has 0 radical (unpaired) electrons. The smallest absolute Gasteiger partial charge is 0.257 e. The summed E-state index contributed by atoms with van der Waals surface area (Å²) in [5.74, 6) is -1.04. The van der Waals surface area contributed by atoms with Crippen LogP contribution < -0.4 is 5.32 Å². The van der Waals surface area contributed by atoms with Gasteiger partial charge in [-0.3, -0.25) is 14.6 Å². The molecule has 5 nitrogen and oxygen atoms in total. The van der Waals surface area contributed by atoms with Gasteiger partial charge in [0.2, 0.25) is 0 Å². The number of nitrogens with zero attached hydrogens (tertiary/aromatic N) is 2. The van der Waals surface area contributed by atoms with Crippen molar-refractivity contribution in [1.29, 1.82) is 0 Å².